The largest absolute Gasteiger partial charge is 0.368 e. The van der Waals surface area contributed by atoms with Crippen molar-refractivity contribution in [2.24, 2.45) is 0 Å². The normalized spacial score (nSPS) is 10.5. The summed E-state index contributed by atoms with van der Waals surface area (Å²) in [6.07, 6.45) is 1.89. The molecule has 4 aromatic rings. The Hall–Kier alpha value is -4.29. The molecule has 4 rings (SSSR count). The molecule has 0 fully saturated rings. The molecule has 0 saturated heterocycles. The van der Waals surface area contributed by atoms with Crippen molar-refractivity contribution in [2.45, 2.75) is 45.9 Å². The van der Waals surface area contributed by atoms with Crippen LogP contribution in [0.3, 0.4) is 0 Å². The quantitative estimate of drug-likeness (QED) is 0.333. The molecule has 0 aliphatic carbocycles. The van der Waals surface area contributed by atoms with Crippen LogP contribution in [0.15, 0.2) is 26.9 Å². The molecule has 0 aliphatic heterocycles. The van der Waals surface area contributed by atoms with E-state index in [9.17, 15) is 9.59 Å². The third-order valence-electron chi connectivity index (χ3n) is 5.32. The molecule has 178 valence electrons. The number of rotatable bonds is 3. The predicted molar refractivity (Wildman–Crippen MR) is 134 cm³/mol. The van der Waals surface area contributed by atoms with E-state index in [1.54, 1.807) is 13.0 Å². The van der Waals surface area contributed by atoms with Gasteiger partial charge >= 0.3 is 0 Å². The summed E-state index contributed by atoms with van der Waals surface area (Å²) in [7, 11) is 0. The van der Waals surface area contributed by atoms with Gasteiger partial charge in [-0.05, 0) is 46.1 Å². The van der Waals surface area contributed by atoms with Crippen molar-refractivity contribution in [1.29, 1.82) is 10.5 Å². The van der Waals surface area contributed by atoms with Gasteiger partial charge in [-0.3, -0.25) is 18.7 Å². The molecule has 4 heterocycles. The van der Waals surface area contributed by atoms with Crippen molar-refractivity contribution < 1.29 is 0 Å². The van der Waals surface area contributed by atoms with Crippen LogP contribution in [-0.4, -0.2) is 35.3 Å². The molecule has 11 nitrogen and oxygen atoms in total. The minimum atomic E-state index is -0.347. The van der Waals surface area contributed by atoms with Crippen molar-refractivity contribution in [3.8, 4) is 12.1 Å². The van der Waals surface area contributed by atoms with Crippen molar-refractivity contribution in [3.05, 3.63) is 55.4 Å². The highest BCUT2D eigenvalue weighted by atomic mass is 32.2. The topological polar surface area (TPSA) is 169 Å². The molecule has 2 N–H and O–H groups in total. The van der Waals surface area contributed by atoms with Gasteiger partial charge < -0.3 is 5.73 Å². The smallest absolute Gasteiger partial charge is 0.270 e. The third kappa shape index (κ3) is 4.69. The summed E-state index contributed by atoms with van der Waals surface area (Å²) in [5.41, 5.74) is 7.66. The number of thioether (sulfide) groups is 1. The Morgan fingerprint density at radius 2 is 1.31 bits per heavy atom. The molecule has 0 amide bonds. The van der Waals surface area contributed by atoms with E-state index >= 15 is 0 Å². The van der Waals surface area contributed by atoms with E-state index in [1.165, 1.54) is 27.0 Å². The number of aromatic nitrogens is 6. The molecule has 0 saturated carbocycles. The van der Waals surface area contributed by atoms with Crippen LogP contribution in [0.5, 0.6) is 0 Å². The summed E-state index contributed by atoms with van der Waals surface area (Å²) in [6.45, 7) is 8.21. The fourth-order valence-electron chi connectivity index (χ4n) is 3.61. The molecule has 0 atom stereocenters. The minimum absolute atomic E-state index is 0.0934. The Morgan fingerprint density at radius 3 is 1.74 bits per heavy atom. The van der Waals surface area contributed by atoms with E-state index in [4.69, 9.17) is 16.3 Å². The molecule has 0 spiro atoms. The molecule has 0 radical (unpaired) electrons. The zero-order chi connectivity index (χ0) is 25.9. The molecule has 4 aromatic heterocycles. The van der Waals surface area contributed by atoms with Crippen LogP contribution >= 0.6 is 11.8 Å². The van der Waals surface area contributed by atoms with Crippen molar-refractivity contribution in [3.63, 3.8) is 0 Å². The Kier molecular flexibility index (Phi) is 7.47. The second-order valence-corrected chi connectivity index (χ2v) is 8.15. The number of pyridine rings is 2. The maximum Gasteiger partial charge on any atom is 0.270 e. The van der Waals surface area contributed by atoms with E-state index in [1.807, 2.05) is 39.2 Å². The molecule has 12 heteroatoms. The van der Waals surface area contributed by atoms with E-state index in [0.29, 0.717) is 40.6 Å². The van der Waals surface area contributed by atoms with E-state index in [-0.39, 0.29) is 28.2 Å². The Morgan fingerprint density at radius 1 is 0.857 bits per heavy atom. The van der Waals surface area contributed by atoms with Crippen LogP contribution in [0.4, 0.5) is 5.95 Å². The number of nitriles is 2. The van der Waals surface area contributed by atoms with Gasteiger partial charge in [0, 0.05) is 23.9 Å². The highest BCUT2D eigenvalue weighted by Gasteiger charge is 2.13. The lowest BCUT2D eigenvalue weighted by Gasteiger charge is -2.10. The van der Waals surface area contributed by atoms with Crippen molar-refractivity contribution in [2.75, 3.05) is 12.0 Å². The molecular formula is C23H23N9O2S. The molecule has 0 bridgehead atoms. The molecule has 0 aromatic carbocycles. The summed E-state index contributed by atoms with van der Waals surface area (Å²) in [5, 5.41) is 20.0. The Labute approximate surface area is 204 Å². The number of nitrogen functional groups attached to an aromatic ring is 1. The summed E-state index contributed by atoms with van der Waals surface area (Å²) in [6, 6.07) is 6.89. The average molecular weight is 490 g/mol. The zero-order valence-electron chi connectivity index (χ0n) is 19.9. The van der Waals surface area contributed by atoms with Crippen molar-refractivity contribution >= 4 is 39.8 Å². The molecule has 35 heavy (non-hydrogen) atoms. The predicted octanol–water partition coefficient (Wildman–Crippen LogP) is 2.29. The van der Waals surface area contributed by atoms with Crippen LogP contribution < -0.4 is 16.9 Å². The van der Waals surface area contributed by atoms with Crippen LogP contribution in [0, 0.1) is 36.5 Å². The number of anilines is 1. The number of hydrogen-bond acceptors (Lipinski definition) is 10. The average Bonchev–Trinajstić information content (AvgIpc) is 2.83. The Bertz CT molecular complexity index is 1660. The number of hydrogen-bond donors (Lipinski definition) is 1. The fraction of sp³-hybridized carbons (Fsp3) is 0.304. The molecular weight excluding hydrogens is 466 g/mol. The highest BCUT2D eigenvalue weighted by Crippen LogP contribution is 2.19. The SMILES string of the molecule is CCn1c(=O)c(C#N)cc2c(C)nc(N)nc21.CCn1c(=O)c(C#N)cc2c(C)nc(SC)nc21. The van der Waals surface area contributed by atoms with Gasteiger partial charge in [-0.1, -0.05) is 11.8 Å². The lowest BCUT2D eigenvalue weighted by molar-refractivity contribution is 0.737. The van der Waals surface area contributed by atoms with Gasteiger partial charge in [0.15, 0.2) is 5.16 Å². The minimum Gasteiger partial charge on any atom is -0.368 e. The van der Waals surface area contributed by atoms with Gasteiger partial charge in [0.25, 0.3) is 11.1 Å². The number of nitrogens with zero attached hydrogens (tertiary/aromatic N) is 8. The van der Waals surface area contributed by atoms with E-state index in [2.05, 4.69) is 19.9 Å². The van der Waals surface area contributed by atoms with Crippen molar-refractivity contribution in [1.82, 2.24) is 29.1 Å². The van der Waals surface area contributed by atoms with Crippen LogP contribution in [-0.2, 0) is 13.1 Å². The molecule has 0 aliphatic rings. The first-order chi connectivity index (χ1) is 16.7. The first-order valence-electron chi connectivity index (χ1n) is 10.6. The van der Waals surface area contributed by atoms with Gasteiger partial charge in [-0.2, -0.15) is 15.5 Å². The highest BCUT2D eigenvalue weighted by molar-refractivity contribution is 7.98. The summed E-state index contributed by atoms with van der Waals surface area (Å²) < 4.78 is 2.95. The van der Waals surface area contributed by atoms with E-state index in [0.717, 1.165) is 11.1 Å². The second-order valence-electron chi connectivity index (χ2n) is 7.38. The monoisotopic (exact) mass is 489 g/mol. The van der Waals surface area contributed by atoms with Gasteiger partial charge in [-0.25, -0.2) is 15.0 Å². The Balaban J connectivity index is 0.000000196. The maximum absolute atomic E-state index is 12.0. The summed E-state index contributed by atoms with van der Waals surface area (Å²) in [4.78, 5) is 40.7. The lowest BCUT2D eigenvalue weighted by atomic mass is 10.2. The number of fused-ring (bicyclic) bond motifs is 2. The van der Waals surface area contributed by atoms with Crippen LogP contribution in [0.1, 0.15) is 36.4 Å². The van der Waals surface area contributed by atoms with Crippen LogP contribution in [0.2, 0.25) is 0 Å². The number of nitrogens with two attached hydrogens (primary N) is 1. The lowest BCUT2D eigenvalue weighted by Crippen LogP contribution is -2.23. The van der Waals surface area contributed by atoms with Gasteiger partial charge in [0.2, 0.25) is 5.95 Å². The first-order valence-corrected chi connectivity index (χ1v) is 11.9. The van der Waals surface area contributed by atoms with E-state index < -0.39 is 0 Å². The standard InChI is InChI=1S/C12H12N4OS.C11H11N5O/c1-4-16-10-9(5-8(6-13)11(16)17)7(2)14-12(15-10)18-3;1-3-16-9-8(4-7(5-12)10(16)17)6(2)14-11(13)15-9/h5H,4H2,1-3H3;4H,3H2,1-2H3,(H2,13,14,15). The first kappa shape index (κ1) is 25.3. The summed E-state index contributed by atoms with van der Waals surface area (Å²) >= 11 is 1.43. The van der Waals surface area contributed by atoms with Gasteiger partial charge in [-0.15, -0.1) is 0 Å². The second kappa shape index (κ2) is 10.3. The third-order valence-corrected chi connectivity index (χ3v) is 5.87. The number of aryl methyl sites for hydroxylation is 4. The van der Waals surface area contributed by atoms with Crippen LogP contribution in [0.25, 0.3) is 22.1 Å². The van der Waals surface area contributed by atoms with Gasteiger partial charge in [0.1, 0.15) is 34.6 Å². The maximum atomic E-state index is 12.0. The fourth-order valence-corrected chi connectivity index (χ4v) is 4.02. The van der Waals surface area contributed by atoms with Gasteiger partial charge in [0.05, 0.1) is 11.4 Å². The molecule has 0 unspecified atom stereocenters. The summed E-state index contributed by atoms with van der Waals surface area (Å²) in [5.74, 6) is 0.126. The zero-order valence-corrected chi connectivity index (χ0v) is 20.8.